The Kier molecular flexibility index (Phi) is 4.37. The number of nitrogens with zero attached hydrogens (tertiary/aromatic N) is 3. The van der Waals surface area contributed by atoms with Crippen LogP contribution in [0.2, 0.25) is 12.6 Å². The summed E-state index contributed by atoms with van der Waals surface area (Å²) in [4.78, 5) is 17.4. The van der Waals surface area contributed by atoms with E-state index in [1.807, 2.05) is 32.0 Å². The highest BCUT2D eigenvalue weighted by atomic mass is 16.7. The molecular formula is C18H21B2N3O3. The van der Waals surface area contributed by atoms with Crippen molar-refractivity contribution in [3.63, 3.8) is 0 Å². The van der Waals surface area contributed by atoms with E-state index >= 15 is 0 Å². The zero-order valence-electron chi connectivity index (χ0n) is 15.1. The molecule has 26 heavy (non-hydrogen) atoms. The van der Waals surface area contributed by atoms with Gasteiger partial charge in [0.1, 0.15) is 0 Å². The van der Waals surface area contributed by atoms with Gasteiger partial charge in [-0.3, -0.25) is 9.36 Å². The lowest BCUT2D eigenvalue weighted by Gasteiger charge is -2.25. The first-order valence-corrected chi connectivity index (χ1v) is 9.17. The van der Waals surface area contributed by atoms with Gasteiger partial charge in [0.15, 0.2) is 0 Å². The van der Waals surface area contributed by atoms with Crippen LogP contribution in [0.1, 0.15) is 32.7 Å². The Hall–Kier alpha value is -2.10. The van der Waals surface area contributed by atoms with Gasteiger partial charge in [-0.1, -0.05) is 18.7 Å². The predicted octanol–water partition coefficient (Wildman–Crippen LogP) is 1.81. The number of aromatic nitrogens is 2. The van der Waals surface area contributed by atoms with Gasteiger partial charge < -0.3 is 9.31 Å². The van der Waals surface area contributed by atoms with Crippen molar-refractivity contribution in [2.45, 2.75) is 51.0 Å². The largest absolute Gasteiger partial charge is 0.494 e. The molecule has 0 saturated carbocycles. The summed E-state index contributed by atoms with van der Waals surface area (Å²) in [5.74, 6) is 2.33. The van der Waals surface area contributed by atoms with Gasteiger partial charge in [-0.15, -0.1) is 0 Å². The Labute approximate surface area is 153 Å². The number of hydrogen-bond acceptors (Lipinski definition) is 5. The lowest BCUT2D eigenvalue weighted by molar-refractivity contribution is 0.137. The summed E-state index contributed by atoms with van der Waals surface area (Å²) in [6, 6.07) is 5.70. The first kappa shape index (κ1) is 17.3. The molecule has 2 aliphatic heterocycles. The van der Waals surface area contributed by atoms with Crippen LogP contribution in [-0.2, 0) is 9.31 Å². The Morgan fingerprint density at radius 2 is 2.12 bits per heavy atom. The van der Waals surface area contributed by atoms with Gasteiger partial charge in [0.05, 0.1) is 29.4 Å². The van der Waals surface area contributed by atoms with Gasteiger partial charge in [0.2, 0.25) is 0 Å². The van der Waals surface area contributed by atoms with E-state index in [1.54, 1.807) is 10.9 Å². The molecule has 8 heteroatoms. The van der Waals surface area contributed by atoms with E-state index in [0.717, 1.165) is 30.9 Å². The van der Waals surface area contributed by atoms with Crippen LogP contribution in [0, 0.1) is 11.2 Å². The summed E-state index contributed by atoms with van der Waals surface area (Å²) in [6.45, 7) is 4.64. The SMILES string of the molecule is CC1(C)COB(c2ccc3c(=O)n(C4CCB(C#N)CC4)cnc3c2)O1. The molecule has 4 rings (SSSR count). The fourth-order valence-electron chi connectivity index (χ4n) is 3.84. The highest BCUT2D eigenvalue weighted by Crippen LogP contribution is 2.28. The maximum atomic E-state index is 12.9. The summed E-state index contributed by atoms with van der Waals surface area (Å²) < 4.78 is 13.3. The van der Waals surface area contributed by atoms with Crippen LogP contribution in [-0.4, -0.2) is 35.6 Å². The first-order chi connectivity index (χ1) is 12.5. The van der Waals surface area contributed by atoms with E-state index in [2.05, 4.69) is 11.0 Å². The lowest BCUT2D eigenvalue weighted by Crippen LogP contribution is -2.35. The molecule has 2 aliphatic rings. The quantitative estimate of drug-likeness (QED) is 0.773. The van der Waals surface area contributed by atoms with Gasteiger partial charge in [-0.2, -0.15) is 0 Å². The summed E-state index contributed by atoms with van der Waals surface area (Å²) in [7, 11) is -0.417. The fourth-order valence-corrected chi connectivity index (χ4v) is 3.84. The molecule has 3 heterocycles. The van der Waals surface area contributed by atoms with Crippen molar-refractivity contribution in [3.8, 4) is 5.97 Å². The first-order valence-electron chi connectivity index (χ1n) is 9.17. The second kappa shape index (κ2) is 6.57. The van der Waals surface area contributed by atoms with Crippen molar-refractivity contribution in [1.82, 2.24) is 9.55 Å². The van der Waals surface area contributed by atoms with Crippen LogP contribution in [0.3, 0.4) is 0 Å². The second-order valence-corrected chi connectivity index (χ2v) is 7.89. The average molecular weight is 349 g/mol. The molecule has 2 saturated heterocycles. The Morgan fingerprint density at radius 1 is 1.35 bits per heavy atom. The molecule has 0 aliphatic carbocycles. The maximum Gasteiger partial charge on any atom is 0.494 e. The number of hydrogen-bond donors (Lipinski definition) is 0. The molecule has 0 amide bonds. The van der Waals surface area contributed by atoms with Gasteiger partial charge in [0.25, 0.3) is 12.3 Å². The topological polar surface area (TPSA) is 77.1 Å². The molecule has 0 unspecified atom stereocenters. The van der Waals surface area contributed by atoms with Crippen molar-refractivity contribution in [2.75, 3.05) is 6.61 Å². The summed E-state index contributed by atoms with van der Waals surface area (Å²) >= 11 is 0. The molecule has 0 bridgehead atoms. The van der Waals surface area contributed by atoms with E-state index < -0.39 is 7.12 Å². The highest BCUT2D eigenvalue weighted by Gasteiger charge is 2.38. The summed E-state index contributed by atoms with van der Waals surface area (Å²) in [5, 5.41) is 9.65. The van der Waals surface area contributed by atoms with Crippen molar-refractivity contribution in [1.29, 1.82) is 5.26 Å². The Balaban J connectivity index is 1.62. The van der Waals surface area contributed by atoms with Crippen LogP contribution in [0.5, 0.6) is 0 Å². The molecular weight excluding hydrogens is 328 g/mol. The number of rotatable bonds is 2. The van der Waals surface area contributed by atoms with Crippen LogP contribution in [0.4, 0.5) is 0 Å². The highest BCUT2D eigenvalue weighted by molar-refractivity contribution is 6.67. The predicted molar refractivity (Wildman–Crippen MR) is 102 cm³/mol. The average Bonchev–Trinajstić information content (AvgIpc) is 3.02. The molecule has 132 valence electrons. The van der Waals surface area contributed by atoms with Crippen LogP contribution in [0.25, 0.3) is 10.9 Å². The smallest absolute Gasteiger partial charge is 0.404 e. The summed E-state index contributed by atoms with van der Waals surface area (Å²) in [6.07, 6.45) is 5.03. The third kappa shape index (κ3) is 3.17. The van der Waals surface area contributed by atoms with Crippen LogP contribution < -0.4 is 11.0 Å². The zero-order chi connectivity index (χ0) is 18.3. The zero-order valence-corrected chi connectivity index (χ0v) is 15.1. The Bertz CT molecular complexity index is 929. The third-order valence-corrected chi connectivity index (χ3v) is 5.36. The molecule has 1 aromatic heterocycles. The monoisotopic (exact) mass is 349 g/mol. The van der Waals surface area contributed by atoms with Crippen molar-refractivity contribution >= 4 is 30.2 Å². The minimum Gasteiger partial charge on any atom is -0.404 e. The molecule has 0 radical (unpaired) electrons. The normalized spacial score (nSPS) is 20.5. The molecule has 6 nitrogen and oxygen atoms in total. The van der Waals surface area contributed by atoms with E-state index in [9.17, 15) is 4.79 Å². The minimum absolute atomic E-state index is 0.0180. The second-order valence-electron chi connectivity index (χ2n) is 7.89. The lowest BCUT2D eigenvalue weighted by atomic mass is 9.42. The van der Waals surface area contributed by atoms with Crippen molar-refractivity contribution < 1.29 is 9.31 Å². The van der Waals surface area contributed by atoms with E-state index in [4.69, 9.17) is 14.6 Å². The van der Waals surface area contributed by atoms with E-state index in [-0.39, 0.29) is 23.9 Å². The Morgan fingerprint density at radius 3 is 2.77 bits per heavy atom. The molecule has 0 spiro atoms. The molecule has 2 aromatic rings. The maximum absolute atomic E-state index is 12.9. The van der Waals surface area contributed by atoms with Crippen LogP contribution >= 0.6 is 0 Å². The van der Waals surface area contributed by atoms with E-state index in [1.165, 1.54) is 0 Å². The van der Waals surface area contributed by atoms with Crippen molar-refractivity contribution in [3.05, 3.63) is 34.9 Å². The summed E-state index contributed by atoms with van der Waals surface area (Å²) in [5.41, 5.74) is 1.21. The number of benzene rings is 1. The molecule has 0 atom stereocenters. The van der Waals surface area contributed by atoms with Gasteiger partial charge in [-0.05, 0) is 44.3 Å². The van der Waals surface area contributed by atoms with Gasteiger partial charge in [0, 0.05) is 12.0 Å². The standard InChI is InChI=1S/C18H21B2N3O3/c1-18(2)10-25-20(26-18)13-3-4-15-16(9-13)22-12-23(17(15)24)14-5-7-19(11-21)8-6-14/h3-4,9,12,14H,5-8,10H2,1-2H3. The molecule has 0 N–H and O–H groups in total. The third-order valence-electron chi connectivity index (χ3n) is 5.36. The molecule has 1 aromatic carbocycles. The minimum atomic E-state index is -0.417. The van der Waals surface area contributed by atoms with Gasteiger partial charge in [-0.25, -0.2) is 10.2 Å². The number of fused-ring (bicyclic) bond motifs is 1. The number of nitriles is 1. The van der Waals surface area contributed by atoms with Gasteiger partial charge >= 0.3 is 7.12 Å². The fraction of sp³-hybridized carbons (Fsp3) is 0.500. The van der Waals surface area contributed by atoms with Crippen molar-refractivity contribution in [2.24, 2.45) is 0 Å². The van der Waals surface area contributed by atoms with Crippen LogP contribution in [0.15, 0.2) is 29.3 Å². The molecule has 2 fully saturated rings. The van der Waals surface area contributed by atoms with E-state index in [0.29, 0.717) is 17.5 Å².